The van der Waals surface area contributed by atoms with Crippen LogP contribution in [0.5, 0.6) is 0 Å². The molecule has 0 saturated carbocycles. The molecular weight excluding hydrogens is 250 g/mol. The number of alkyl halides is 1. The van der Waals surface area contributed by atoms with Gasteiger partial charge in [0.05, 0.1) is 11.4 Å². The van der Waals surface area contributed by atoms with Crippen molar-refractivity contribution in [1.82, 2.24) is 15.5 Å². The van der Waals surface area contributed by atoms with Crippen LogP contribution < -0.4 is 5.32 Å². The molecule has 0 aromatic carbocycles. The minimum absolute atomic E-state index is 0.0650. The van der Waals surface area contributed by atoms with Gasteiger partial charge in [0.1, 0.15) is 0 Å². The summed E-state index contributed by atoms with van der Waals surface area (Å²) in [6.07, 6.45) is 1.23. The number of nitrogens with one attached hydrogen (secondary N) is 1. The second kappa shape index (κ2) is 5.09. The molecule has 0 aliphatic heterocycles. The predicted octanol–water partition coefficient (Wildman–Crippen LogP) is 1.11. The lowest BCUT2D eigenvalue weighted by Gasteiger charge is -2.12. The maximum Gasteiger partial charge on any atom is 0.234 e. The van der Waals surface area contributed by atoms with Gasteiger partial charge in [-0.2, -0.15) is 4.98 Å². The first-order valence-corrected chi connectivity index (χ1v) is 5.20. The van der Waals surface area contributed by atoms with Crippen LogP contribution in [0.15, 0.2) is 10.9 Å². The number of carbonyl (C=O) groups is 1. The van der Waals surface area contributed by atoms with Crippen LogP contribution in [-0.4, -0.2) is 20.9 Å². The molecule has 1 aromatic rings. The molecule has 0 aliphatic carbocycles. The first-order chi connectivity index (χ1) is 6.61. The lowest BCUT2D eigenvalue weighted by molar-refractivity contribution is -0.121. The Morgan fingerprint density at radius 3 is 2.93 bits per heavy atom. The van der Waals surface area contributed by atoms with E-state index in [9.17, 15) is 4.79 Å². The van der Waals surface area contributed by atoms with Crippen molar-refractivity contribution in [2.75, 3.05) is 0 Å². The molecular formula is C8H12BrN3O2. The van der Waals surface area contributed by atoms with Gasteiger partial charge in [0.25, 0.3) is 0 Å². The number of carbonyl (C=O) groups excluding carboxylic acids is 1. The van der Waals surface area contributed by atoms with E-state index in [1.165, 1.54) is 6.39 Å². The third kappa shape index (κ3) is 3.10. The quantitative estimate of drug-likeness (QED) is 0.825. The van der Waals surface area contributed by atoms with Crippen LogP contribution in [0.25, 0.3) is 0 Å². The van der Waals surface area contributed by atoms with Gasteiger partial charge in [0, 0.05) is 0 Å². The average Bonchev–Trinajstić information content (AvgIpc) is 2.65. The monoisotopic (exact) mass is 261 g/mol. The minimum atomic E-state index is -0.186. The Kier molecular flexibility index (Phi) is 4.06. The standard InChI is InChI=1S/C8H12BrN3O2/c1-5(2)7(9)8(13)10-3-6-11-4-14-12-6/h4-5,7H,3H2,1-2H3,(H,10,13). The number of hydrogen-bond donors (Lipinski definition) is 1. The van der Waals surface area contributed by atoms with Gasteiger partial charge < -0.3 is 9.84 Å². The molecule has 5 nitrogen and oxygen atoms in total. The summed E-state index contributed by atoms with van der Waals surface area (Å²) in [4.78, 5) is 15.0. The van der Waals surface area contributed by atoms with Crippen molar-refractivity contribution >= 4 is 21.8 Å². The molecule has 1 unspecified atom stereocenters. The fourth-order valence-corrected chi connectivity index (χ4v) is 0.999. The maximum atomic E-state index is 11.4. The van der Waals surface area contributed by atoms with Crippen molar-refractivity contribution in [2.24, 2.45) is 5.92 Å². The lowest BCUT2D eigenvalue weighted by Crippen LogP contribution is -2.33. The number of aromatic nitrogens is 2. The van der Waals surface area contributed by atoms with Gasteiger partial charge in [0.2, 0.25) is 12.3 Å². The summed E-state index contributed by atoms with van der Waals surface area (Å²) in [5, 5.41) is 6.27. The van der Waals surface area contributed by atoms with Crippen LogP contribution in [0, 0.1) is 5.92 Å². The number of amides is 1. The Balaban J connectivity index is 2.35. The molecule has 0 saturated heterocycles. The number of nitrogens with zero attached hydrogens (tertiary/aromatic N) is 2. The topological polar surface area (TPSA) is 68.0 Å². The third-order valence-electron chi connectivity index (χ3n) is 1.66. The van der Waals surface area contributed by atoms with Crippen LogP contribution in [-0.2, 0) is 11.3 Å². The zero-order valence-electron chi connectivity index (χ0n) is 8.03. The predicted molar refractivity (Wildman–Crippen MR) is 53.7 cm³/mol. The molecule has 0 fully saturated rings. The molecule has 0 spiro atoms. The van der Waals surface area contributed by atoms with Crippen LogP contribution in [0.2, 0.25) is 0 Å². The summed E-state index contributed by atoms with van der Waals surface area (Å²) in [5.74, 6) is 0.659. The second-order valence-electron chi connectivity index (χ2n) is 3.21. The summed E-state index contributed by atoms with van der Waals surface area (Å²) in [6, 6.07) is 0. The van der Waals surface area contributed by atoms with Gasteiger partial charge in [-0.25, -0.2) is 0 Å². The summed E-state index contributed by atoms with van der Waals surface area (Å²) >= 11 is 3.30. The first-order valence-electron chi connectivity index (χ1n) is 4.28. The molecule has 1 atom stereocenters. The number of hydrogen-bond acceptors (Lipinski definition) is 4. The largest absolute Gasteiger partial charge is 0.348 e. The normalized spacial score (nSPS) is 12.9. The molecule has 78 valence electrons. The van der Waals surface area contributed by atoms with E-state index in [0.717, 1.165) is 0 Å². The van der Waals surface area contributed by atoms with E-state index in [4.69, 9.17) is 0 Å². The fraction of sp³-hybridized carbons (Fsp3) is 0.625. The molecule has 1 N–H and O–H groups in total. The Morgan fingerprint density at radius 2 is 2.43 bits per heavy atom. The highest BCUT2D eigenvalue weighted by molar-refractivity contribution is 9.10. The highest BCUT2D eigenvalue weighted by atomic mass is 79.9. The maximum absolute atomic E-state index is 11.4. The SMILES string of the molecule is CC(C)C(Br)C(=O)NCc1ncon1. The van der Waals surface area contributed by atoms with Crippen molar-refractivity contribution in [2.45, 2.75) is 25.2 Å². The van der Waals surface area contributed by atoms with Crippen molar-refractivity contribution in [1.29, 1.82) is 0 Å². The Morgan fingerprint density at radius 1 is 1.71 bits per heavy atom. The third-order valence-corrected chi connectivity index (χ3v) is 3.14. The number of halogens is 1. The van der Waals surface area contributed by atoms with Gasteiger partial charge in [-0.1, -0.05) is 34.9 Å². The van der Waals surface area contributed by atoms with Crippen molar-refractivity contribution in [3.05, 3.63) is 12.2 Å². The molecule has 14 heavy (non-hydrogen) atoms. The van der Waals surface area contributed by atoms with E-state index < -0.39 is 0 Å². The summed E-state index contributed by atoms with van der Waals surface area (Å²) in [6.45, 7) is 4.23. The van der Waals surface area contributed by atoms with Gasteiger partial charge in [-0.05, 0) is 5.92 Å². The van der Waals surface area contributed by atoms with Crippen LogP contribution >= 0.6 is 15.9 Å². The fourth-order valence-electron chi connectivity index (χ4n) is 0.837. The number of rotatable bonds is 4. The van der Waals surface area contributed by atoms with Crippen LogP contribution in [0.4, 0.5) is 0 Å². The van der Waals surface area contributed by atoms with E-state index in [2.05, 4.69) is 35.9 Å². The molecule has 0 radical (unpaired) electrons. The van der Waals surface area contributed by atoms with Crippen LogP contribution in [0.3, 0.4) is 0 Å². The first kappa shape index (κ1) is 11.2. The summed E-state index contributed by atoms with van der Waals surface area (Å²) in [7, 11) is 0. The molecule has 1 heterocycles. The Bertz CT molecular complexity index is 287. The van der Waals surface area contributed by atoms with E-state index in [1.807, 2.05) is 13.8 Å². The Hall–Kier alpha value is -0.910. The van der Waals surface area contributed by atoms with Crippen molar-refractivity contribution in [3.63, 3.8) is 0 Å². The van der Waals surface area contributed by atoms with E-state index >= 15 is 0 Å². The zero-order chi connectivity index (χ0) is 10.6. The molecule has 1 amide bonds. The molecule has 1 aromatic heterocycles. The smallest absolute Gasteiger partial charge is 0.234 e. The molecule has 0 aliphatic rings. The lowest BCUT2D eigenvalue weighted by atomic mass is 10.1. The molecule has 1 rings (SSSR count). The zero-order valence-corrected chi connectivity index (χ0v) is 9.61. The average molecular weight is 262 g/mol. The van der Waals surface area contributed by atoms with E-state index in [0.29, 0.717) is 12.4 Å². The van der Waals surface area contributed by atoms with Gasteiger partial charge >= 0.3 is 0 Å². The van der Waals surface area contributed by atoms with Crippen molar-refractivity contribution < 1.29 is 9.32 Å². The Labute approximate surface area is 90.4 Å². The van der Waals surface area contributed by atoms with Gasteiger partial charge in [-0.3, -0.25) is 4.79 Å². The van der Waals surface area contributed by atoms with Crippen molar-refractivity contribution in [3.8, 4) is 0 Å². The van der Waals surface area contributed by atoms with Crippen LogP contribution in [0.1, 0.15) is 19.7 Å². The minimum Gasteiger partial charge on any atom is -0.348 e. The summed E-state index contributed by atoms with van der Waals surface area (Å²) in [5.41, 5.74) is 0. The van der Waals surface area contributed by atoms with Gasteiger partial charge in [0.15, 0.2) is 5.82 Å². The van der Waals surface area contributed by atoms with E-state index in [1.54, 1.807) is 0 Å². The second-order valence-corrected chi connectivity index (χ2v) is 4.20. The molecule has 6 heteroatoms. The molecule has 0 bridgehead atoms. The summed E-state index contributed by atoms with van der Waals surface area (Å²) < 4.78 is 4.53. The highest BCUT2D eigenvalue weighted by Gasteiger charge is 2.18. The highest BCUT2D eigenvalue weighted by Crippen LogP contribution is 2.11. The van der Waals surface area contributed by atoms with E-state index in [-0.39, 0.29) is 16.7 Å². The van der Waals surface area contributed by atoms with Gasteiger partial charge in [-0.15, -0.1) is 0 Å².